The lowest BCUT2D eigenvalue weighted by atomic mass is 10.2. The third-order valence-corrected chi connectivity index (χ3v) is 1.85. The molecule has 0 amide bonds. The summed E-state index contributed by atoms with van der Waals surface area (Å²) >= 11 is 0. The standard InChI is InChI=1S/C8H8N2O4/c11-10(12)9-4-6-1-2-7-8(3-6)14-5-13-7/h1-3,9H,4-5H2. The van der Waals surface area contributed by atoms with Gasteiger partial charge in [0.05, 0.1) is 0 Å². The fraction of sp³-hybridized carbons (Fsp3) is 0.250. The van der Waals surface area contributed by atoms with Crippen LogP contribution in [-0.4, -0.2) is 11.8 Å². The fourth-order valence-corrected chi connectivity index (χ4v) is 1.21. The number of nitrogens with zero attached hydrogens (tertiary/aromatic N) is 1. The van der Waals surface area contributed by atoms with Gasteiger partial charge in [-0.15, -0.1) is 5.43 Å². The summed E-state index contributed by atoms with van der Waals surface area (Å²) in [6.45, 7) is 0.380. The summed E-state index contributed by atoms with van der Waals surface area (Å²) in [6, 6.07) is 5.21. The Morgan fingerprint density at radius 1 is 1.43 bits per heavy atom. The number of nitrogens with one attached hydrogen (secondary N) is 1. The Bertz CT molecular complexity index is 366. The molecule has 6 nitrogen and oxygen atoms in total. The minimum Gasteiger partial charge on any atom is -0.454 e. The van der Waals surface area contributed by atoms with E-state index >= 15 is 0 Å². The van der Waals surface area contributed by atoms with Gasteiger partial charge in [0, 0.05) is 0 Å². The molecule has 0 radical (unpaired) electrons. The summed E-state index contributed by atoms with van der Waals surface area (Å²) in [4.78, 5) is 10.0. The van der Waals surface area contributed by atoms with E-state index in [9.17, 15) is 10.1 Å². The van der Waals surface area contributed by atoms with Gasteiger partial charge in [-0.3, -0.25) is 0 Å². The Balaban J connectivity index is 2.09. The normalized spacial score (nSPS) is 12.6. The van der Waals surface area contributed by atoms with E-state index in [2.05, 4.69) is 5.43 Å². The molecule has 0 saturated carbocycles. The van der Waals surface area contributed by atoms with Crippen LogP contribution in [0.1, 0.15) is 5.56 Å². The molecule has 0 spiro atoms. The van der Waals surface area contributed by atoms with E-state index in [1.165, 1.54) is 0 Å². The number of hydrogen-bond donors (Lipinski definition) is 1. The van der Waals surface area contributed by atoms with Gasteiger partial charge < -0.3 is 9.47 Å². The van der Waals surface area contributed by atoms with Crippen LogP contribution in [-0.2, 0) is 6.54 Å². The largest absolute Gasteiger partial charge is 0.454 e. The highest BCUT2D eigenvalue weighted by atomic mass is 16.7. The molecule has 74 valence electrons. The molecule has 14 heavy (non-hydrogen) atoms. The molecule has 0 aliphatic carbocycles. The monoisotopic (exact) mass is 196 g/mol. The molecule has 0 bridgehead atoms. The Kier molecular flexibility index (Phi) is 2.10. The summed E-state index contributed by atoms with van der Waals surface area (Å²) < 4.78 is 10.2. The summed E-state index contributed by atoms with van der Waals surface area (Å²) in [7, 11) is 0. The lowest BCUT2D eigenvalue weighted by Crippen LogP contribution is -2.20. The minimum absolute atomic E-state index is 0.170. The van der Waals surface area contributed by atoms with Crippen LogP contribution < -0.4 is 14.9 Å². The molecule has 0 unspecified atom stereocenters. The van der Waals surface area contributed by atoms with Crippen molar-refractivity contribution in [1.29, 1.82) is 0 Å². The van der Waals surface area contributed by atoms with Crippen LogP contribution in [0.4, 0.5) is 0 Å². The van der Waals surface area contributed by atoms with Gasteiger partial charge in [-0.1, -0.05) is 6.07 Å². The van der Waals surface area contributed by atoms with E-state index in [0.29, 0.717) is 11.5 Å². The van der Waals surface area contributed by atoms with E-state index in [4.69, 9.17) is 9.47 Å². The minimum atomic E-state index is -0.579. The van der Waals surface area contributed by atoms with Gasteiger partial charge in [0.25, 0.3) is 0 Å². The molecule has 0 atom stereocenters. The molecule has 0 aromatic heterocycles. The zero-order valence-electron chi connectivity index (χ0n) is 7.23. The van der Waals surface area contributed by atoms with Crippen LogP contribution in [0, 0.1) is 10.1 Å². The van der Waals surface area contributed by atoms with E-state index in [0.717, 1.165) is 5.56 Å². The highest BCUT2D eigenvalue weighted by Gasteiger charge is 2.13. The van der Waals surface area contributed by atoms with Crippen molar-refractivity contribution in [2.24, 2.45) is 0 Å². The van der Waals surface area contributed by atoms with E-state index in [-0.39, 0.29) is 13.3 Å². The van der Waals surface area contributed by atoms with Crippen molar-refractivity contribution in [3.05, 3.63) is 33.9 Å². The Hall–Kier alpha value is -1.98. The number of nitro groups is 1. The summed E-state index contributed by atoms with van der Waals surface area (Å²) in [6.07, 6.45) is 0. The van der Waals surface area contributed by atoms with Crippen LogP contribution >= 0.6 is 0 Å². The maximum absolute atomic E-state index is 10.0. The summed E-state index contributed by atoms with van der Waals surface area (Å²) in [5.74, 6) is 1.31. The Labute approximate surface area is 79.6 Å². The predicted octanol–water partition coefficient (Wildman–Crippen LogP) is 0.697. The van der Waals surface area contributed by atoms with E-state index in [1.807, 2.05) is 0 Å². The summed E-state index contributed by atoms with van der Waals surface area (Å²) in [5.41, 5.74) is 2.86. The fourth-order valence-electron chi connectivity index (χ4n) is 1.21. The molecule has 1 heterocycles. The molecule has 2 rings (SSSR count). The molecule has 0 fully saturated rings. The average molecular weight is 196 g/mol. The topological polar surface area (TPSA) is 73.6 Å². The van der Waals surface area contributed by atoms with Crippen molar-refractivity contribution in [1.82, 2.24) is 5.43 Å². The Morgan fingerprint density at radius 3 is 3.00 bits per heavy atom. The molecule has 6 heteroatoms. The van der Waals surface area contributed by atoms with Crippen molar-refractivity contribution >= 4 is 0 Å². The van der Waals surface area contributed by atoms with E-state index < -0.39 is 5.03 Å². The first-order valence-corrected chi connectivity index (χ1v) is 4.02. The van der Waals surface area contributed by atoms with Gasteiger partial charge in [-0.2, -0.15) is 0 Å². The van der Waals surface area contributed by atoms with Gasteiger partial charge >= 0.3 is 0 Å². The predicted molar refractivity (Wildman–Crippen MR) is 46.4 cm³/mol. The van der Waals surface area contributed by atoms with Crippen LogP contribution in [0.15, 0.2) is 18.2 Å². The van der Waals surface area contributed by atoms with Crippen LogP contribution in [0.3, 0.4) is 0 Å². The first kappa shape index (κ1) is 8.61. The summed E-state index contributed by atoms with van der Waals surface area (Å²) in [5, 5.41) is 9.47. The number of hydrazine groups is 1. The average Bonchev–Trinajstić information content (AvgIpc) is 2.61. The maximum Gasteiger partial charge on any atom is 0.231 e. The van der Waals surface area contributed by atoms with Gasteiger partial charge in [0.15, 0.2) is 16.5 Å². The number of ether oxygens (including phenoxy) is 2. The third kappa shape index (κ3) is 1.68. The quantitative estimate of drug-likeness (QED) is 0.568. The number of benzene rings is 1. The van der Waals surface area contributed by atoms with Gasteiger partial charge in [0.1, 0.15) is 6.54 Å². The molecule has 1 N–H and O–H groups in total. The van der Waals surface area contributed by atoms with E-state index in [1.54, 1.807) is 18.2 Å². The zero-order valence-corrected chi connectivity index (χ0v) is 7.23. The molecule has 0 saturated heterocycles. The molecular weight excluding hydrogens is 188 g/mol. The van der Waals surface area contributed by atoms with Crippen molar-refractivity contribution in [3.63, 3.8) is 0 Å². The highest BCUT2D eigenvalue weighted by Crippen LogP contribution is 2.32. The maximum atomic E-state index is 10.0. The van der Waals surface area contributed by atoms with Crippen LogP contribution in [0.2, 0.25) is 0 Å². The lowest BCUT2D eigenvalue weighted by Gasteiger charge is -2.00. The SMILES string of the molecule is O=[N+]([O-])NCc1ccc2c(c1)OCO2. The second-order valence-electron chi connectivity index (χ2n) is 2.78. The number of hydrogen-bond acceptors (Lipinski definition) is 4. The zero-order chi connectivity index (χ0) is 9.97. The van der Waals surface area contributed by atoms with Crippen molar-refractivity contribution in [2.75, 3.05) is 6.79 Å². The first-order chi connectivity index (χ1) is 6.75. The molecular formula is C8H8N2O4. The molecule has 1 aromatic carbocycles. The molecule has 1 aliphatic rings. The van der Waals surface area contributed by atoms with Crippen molar-refractivity contribution in [3.8, 4) is 11.5 Å². The second kappa shape index (κ2) is 3.41. The third-order valence-electron chi connectivity index (χ3n) is 1.85. The smallest absolute Gasteiger partial charge is 0.231 e. The first-order valence-electron chi connectivity index (χ1n) is 4.02. The van der Waals surface area contributed by atoms with Gasteiger partial charge in [0.2, 0.25) is 6.79 Å². The second-order valence-corrected chi connectivity index (χ2v) is 2.78. The number of rotatable bonds is 3. The van der Waals surface area contributed by atoms with Crippen LogP contribution in [0.5, 0.6) is 11.5 Å². The molecule has 1 aliphatic heterocycles. The van der Waals surface area contributed by atoms with Crippen molar-refractivity contribution < 1.29 is 14.5 Å². The van der Waals surface area contributed by atoms with Crippen LogP contribution in [0.25, 0.3) is 0 Å². The molecule has 1 aromatic rings. The van der Waals surface area contributed by atoms with Crippen molar-refractivity contribution in [2.45, 2.75) is 6.54 Å². The highest BCUT2D eigenvalue weighted by molar-refractivity contribution is 5.44. The van der Waals surface area contributed by atoms with Gasteiger partial charge in [-0.25, -0.2) is 10.1 Å². The lowest BCUT2D eigenvalue weighted by molar-refractivity contribution is -0.546. The van der Waals surface area contributed by atoms with Gasteiger partial charge in [-0.05, 0) is 17.7 Å². The number of fused-ring (bicyclic) bond motifs is 1. The Morgan fingerprint density at radius 2 is 2.21 bits per heavy atom.